The molecule has 3 heteroatoms. The van der Waals surface area contributed by atoms with E-state index in [0.29, 0.717) is 0 Å². The molecule has 0 radical (unpaired) electrons. The van der Waals surface area contributed by atoms with Gasteiger partial charge in [-0.25, -0.2) is 0 Å². The van der Waals surface area contributed by atoms with E-state index in [9.17, 15) is 0 Å². The summed E-state index contributed by atoms with van der Waals surface area (Å²) in [4.78, 5) is 0. The Hall–Kier alpha value is -1.48. The zero-order chi connectivity index (χ0) is 14.5. The van der Waals surface area contributed by atoms with Gasteiger partial charge in [0.2, 0.25) is 0 Å². The van der Waals surface area contributed by atoms with Crippen molar-refractivity contribution in [3.05, 3.63) is 58.6 Å². The van der Waals surface area contributed by atoms with Gasteiger partial charge in [0.15, 0.2) is 0 Å². The second-order valence-corrected chi connectivity index (χ2v) is 5.94. The van der Waals surface area contributed by atoms with E-state index in [1.807, 2.05) is 44.2 Å². The van der Waals surface area contributed by atoms with Gasteiger partial charge in [0.1, 0.15) is 5.75 Å². The van der Waals surface area contributed by atoms with Gasteiger partial charge in [-0.2, -0.15) is 0 Å². The van der Waals surface area contributed by atoms with Gasteiger partial charge in [0, 0.05) is 16.2 Å². The Labute approximate surface area is 129 Å². The van der Waals surface area contributed by atoms with Crippen LogP contribution in [0.25, 0.3) is 0 Å². The average molecular weight is 334 g/mol. The van der Waals surface area contributed by atoms with Gasteiger partial charge in [0.25, 0.3) is 0 Å². The molecule has 0 heterocycles. The van der Waals surface area contributed by atoms with E-state index in [1.54, 1.807) is 0 Å². The van der Waals surface area contributed by atoms with Crippen LogP contribution in [0.3, 0.4) is 0 Å². The number of ether oxygens (including phenoxy) is 1. The first kappa shape index (κ1) is 14.9. The monoisotopic (exact) mass is 333 g/mol. The molecule has 0 spiro atoms. The third-order valence-electron chi connectivity index (χ3n) is 3.00. The van der Waals surface area contributed by atoms with Crippen LogP contribution in [-0.2, 0) is 0 Å². The first-order chi connectivity index (χ1) is 9.56. The summed E-state index contributed by atoms with van der Waals surface area (Å²) >= 11 is 3.55. The molecule has 0 bridgehead atoms. The summed E-state index contributed by atoms with van der Waals surface area (Å²) in [6, 6.07) is 16.6. The maximum absolute atomic E-state index is 5.66. The summed E-state index contributed by atoms with van der Waals surface area (Å²) < 4.78 is 6.73. The van der Waals surface area contributed by atoms with Crippen molar-refractivity contribution in [2.24, 2.45) is 0 Å². The van der Waals surface area contributed by atoms with E-state index in [0.717, 1.165) is 15.9 Å². The van der Waals surface area contributed by atoms with E-state index in [-0.39, 0.29) is 12.1 Å². The quantitative estimate of drug-likeness (QED) is 0.789. The lowest BCUT2D eigenvalue weighted by Crippen LogP contribution is -2.08. The summed E-state index contributed by atoms with van der Waals surface area (Å²) in [5.74, 6) is 0.914. The summed E-state index contributed by atoms with van der Waals surface area (Å²) in [6.45, 7) is 6.22. The smallest absolute Gasteiger partial charge is 0.119 e. The fourth-order valence-electron chi connectivity index (χ4n) is 2.00. The molecular formula is C17H20BrNO. The summed E-state index contributed by atoms with van der Waals surface area (Å²) in [6.07, 6.45) is 0.205. The van der Waals surface area contributed by atoms with Crippen molar-refractivity contribution in [2.75, 3.05) is 5.32 Å². The molecule has 2 rings (SSSR count). The van der Waals surface area contributed by atoms with Crippen molar-refractivity contribution < 1.29 is 4.74 Å². The number of halogens is 1. The van der Waals surface area contributed by atoms with Crippen molar-refractivity contribution in [1.29, 1.82) is 0 Å². The predicted molar refractivity (Wildman–Crippen MR) is 88.4 cm³/mol. The van der Waals surface area contributed by atoms with Gasteiger partial charge in [-0.3, -0.25) is 0 Å². The molecule has 0 aliphatic carbocycles. The second-order valence-electron chi connectivity index (χ2n) is 5.08. The molecule has 0 amide bonds. The molecular weight excluding hydrogens is 314 g/mol. The Morgan fingerprint density at radius 1 is 0.950 bits per heavy atom. The van der Waals surface area contributed by atoms with Crippen LogP contribution < -0.4 is 10.1 Å². The van der Waals surface area contributed by atoms with Crippen molar-refractivity contribution in [1.82, 2.24) is 0 Å². The fraction of sp³-hybridized carbons (Fsp3) is 0.294. The SMILES string of the molecule is CC(C)Oc1ccc(C(C)Nc2ccccc2Br)cc1. The molecule has 0 fully saturated rings. The molecule has 1 atom stereocenters. The standard InChI is InChI=1S/C17H20BrNO/c1-12(2)20-15-10-8-14(9-11-15)13(3)19-17-7-5-4-6-16(17)18/h4-13,19H,1-3H3. The topological polar surface area (TPSA) is 21.3 Å². The molecule has 1 unspecified atom stereocenters. The Kier molecular flexibility index (Phi) is 5.07. The zero-order valence-corrected chi connectivity index (χ0v) is 13.6. The summed E-state index contributed by atoms with van der Waals surface area (Å²) in [5.41, 5.74) is 2.33. The van der Waals surface area contributed by atoms with Gasteiger partial charge in [-0.15, -0.1) is 0 Å². The van der Waals surface area contributed by atoms with E-state index < -0.39 is 0 Å². The second kappa shape index (κ2) is 6.80. The van der Waals surface area contributed by atoms with Crippen molar-refractivity contribution >= 4 is 21.6 Å². The molecule has 2 aromatic carbocycles. The van der Waals surface area contributed by atoms with Gasteiger partial charge in [0.05, 0.1) is 6.10 Å². The van der Waals surface area contributed by atoms with Crippen LogP contribution in [0, 0.1) is 0 Å². The lowest BCUT2D eigenvalue weighted by Gasteiger charge is -2.17. The minimum Gasteiger partial charge on any atom is -0.491 e. The van der Waals surface area contributed by atoms with Gasteiger partial charge in [-0.1, -0.05) is 24.3 Å². The molecule has 1 N–H and O–H groups in total. The number of nitrogens with one attached hydrogen (secondary N) is 1. The Morgan fingerprint density at radius 2 is 1.60 bits per heavy atom. The third kappa shape index (κ3) is 4.01. The maximum Gasteiger partial charge on any atom is 0.119 e. The minimum absolute atomic E-state index is 0.205. The normalized spacial score (nSPS) is 12.2. The predicted octanol–water partition coefficient (Wildman–Crippen LogP) is 5.41. The van der Waals surface area contributed by atoms with Crippen LogP contribution in [0.5, 0.6) is 5.75 Å². The van der Waals surface area contributed by atoms with Crippen molar-refractivity contribution in [3.63, 3.8) is 0 Å². The van der Waals surface area contributed by atoms with Crippen LogP contribution in [-0.4, -0.2) is 6.10 Å². The third-order valence-corrected chi connectivity index (χ3v) is 3.69. The number of hydrogen-bond acceptors (Lipinski definition) is 2. The van der Waals surface area contributed by atoms with Crippen LogP contribution in [0.15, 0.2) is 53.0 Å². The maximum atomic E-state index is 5.66. The van der Waals surface area contributed by atoms with Crippen molar-refractivity contribution in [2.45, 2.75) is 32.9 Å². The van der Waals surface area contributed by atoms with E-state index in [4.69, 9.17) is 4.74 Å². The number of para-hydroxylation sites is 1. The molecule has 2 aromatic rings. The average Bonchev–Trinajstić information content (AvgIpc) is 2.41. The van der Waals surface area contributed by atoms with E-state index >= 15 is 0 Å². The van der Waals surface area contributed by atoms with Crippen LogP contribution in [0.1, 0.15) is 32.4 Å². The van der Waals surface area contributed by atoms with Crippen molar-refractivity contribution in [3.8, 4) is 5.75 Å². The number of anilines is 1. The summed E-state index contributed by atoms with van der Waals surface area (Å²) in [7, 11) is 0. The highest BCUT2D eigenvalue weighted by molar-refractivity contribution is 9.10. The highest BCUT2D eigenvalue weighted by Crippen LogP contribution is 2.27. The molecule has 0 aromatic heterocycles. The fourth-order valence-corrected chi connectivity index (χ4v) is 2.40. The lowest BCUT2D eigenvalue weighted by atomic mass is 10.1. The van der Waals surface area contributed by atoms with Crippen LogP contribution >= 0.6 is 15.9 Å². The highest BCUT2D eigenvalue weighted by atomic mass is 79.9. The van der Waals surface area contributed by atoms with Gasteiger partial charge in [-0.05, 0) is 66.5 Å². The Balaban J connectivity index is 2.06. The van der Waals surface area contributed by atoms with E-state index in [2.05, 4.69) is 46.4 Å². The molecule has 0 saturated carbocycles. The Bertz CT molecular complexity index is 551. The van der Waals surface area contributed by atoms with Crippen LogP contribution in [0.4, 0.5) is 5.69 Å². The van der Waals surface area contributed by atoms with E-state index in [1.165, 1.54) is 5.56 Å². The van der Waals surface area contributed by atoms with Gasteiger partial charge >= 0.3 is 0 Å². The molecule has 2 nitrogen and oxygen atoms in total. The number of benzene rings is 2. The molecule has 0 aliphatic heterocycles. The molecule has 0 aliphatic rings. The molecule has 20 heavy (non-hydrogen) atoms. The number of hydrogen-bond donors (Lipinski definition) is 1. The minimum atomic E-state index is 0.205. The first-order valence-corrected chi connectivity index (χ1v) is 7.63. The lowest BCUT2D eigenvalue weighted by molar-refractivity contribution is 0.242. The highest BCUT2D eigenvalue weighted by Gasteiger charge is 2.07. The number of rotatable bonds is 5. The van der Waals surface area contributed by atoms with Gasteiger partial charge < -0.3 is 10.1 Å². The van der Waals surface area contributed by atoms with Crippen LogP contribution in [0.2, 0.25) is 0 Å². The Morgan fingerprint density at radius 3 is 2.20 bits per heavy atom. The summed E-state index contributed by atoms with van der Waals surface area (Å²) in [5, 5.41) is 3.50. The first-order valence-electron chi connectivity index (χ1n) is 6.84. The largest absolute Gasteiger partial charge is 0.491 e. The zero-order valence-electron chi connectivity index (χ0n) is 12.1. The molecule has 106 valence electrons. The molecule has 0 saturated heterocycles.